The van der Waals surface area contributed by atoms with E-state index in [0.717, 1.165) is 0 Å². The van der Waals surface area contributed by atoms with E-state index in [0.29, 0.717) is 21.8 Å². The van der Waals surface area contributed by atoms with Crippen LogP contribution in [-0.2, 0) is 9.53 Å². The number of carbonyl (C=O) groups excluding carboxylic acids is 2. The van der Waals surface area contributed by atoms with Crippen molar-refractivity contribution in [3.05, 3.63) is 73.7 Å². The van der Waals surface area contributed by atoms with Crippen LogP contribution in [0, 0.1) is 10.1 Å². The van der Waals surface area contributed by atoms with Crippen LogP contribution in [0.4, 0.5) is 5.69 Å². The van der Waals surface area contributed by atoms with E-state index in [9.17, 15) is 19.7 Å². The fourth-order valence-corrected chi connectivity index (χ4v) is 3.79. The predicted octanol–water partition coefficient (Wildman–Crippen LogP) is 3.88. The molecule has 0 amide bonds. The summed E-state index contributed by atoms with van der Waals surface area (Å²) >= 11 is 1.29. The van der Waals surface area contributed by atoms with E-state index in [4.69, 9.17) is 4.74 Å². The number of benzene rings is 1. The Balaban J connectivity index is 2.09. The first kappa shape index (κ1) is 17.0. The van der Waals surface area contributed by atoms with E-state index in [2.05, 4.69) is 0 Å². The molecule has 0 fully saturated rings. The molecule has 0 N–H and O–H groups in total. The number of nitrogens with zero attached hydrogens (tertiary/aromatic N) is 1. The number of ketones is 2. The zero-order chi connectivity index (χ0) is 18.1. The van der Waals surface area contributed by atoms with Crippen molar-refractivity contribution in [1.29, 1.82) is 0 Å². The third-order valence-electron chi connectivity index (χ3n) is 4.14. The minimum atomic E-state index is -0.903. The second kappa shape index (κ2) is 6.60. The highest BCUT2D eigenvalue weighted by Crippen LogP contribution is 2.41. The molecule has 0 radical (unpaired) electrons. The molecule has 0 unspecified atom stereocenters. The molecule has 128 valence electrons. The minimum Gasteiger partial charge on any atom is -0.485 e. The Morgan fingerprint density at radius 2 is 2.00 bits per heavy atom. The van der Waals surface area contributed by atoms with Gasteiger partial charge in [-0.3, -0.25) is 19.7 Å². The highest BCUT2D eigenvalue weighted by atomic mass is 32.1. The molecular weight excluding hydrogens is 342 g/mol. The first-order chi connectivity index (χ1) is 11.9. The van der Waals surface area contributed by atoms with Crippen LogP contribution in [0.5, 0.6) is 0 Å². The van der Waals surface area contributed by atoms with Crippen LogP contribution in [0.3, 0.4) is 0 Å². The monoisotopic (exact) mass is 357 g/mol. The highest BCUT2D eigenvalue weighted by Gasteiger charge is 2.43. The van der Waals surface area contributed by atoms with Crippen molar-refractivity contribution >= 4 is 28.6 Å². The Morgan fingerprint density at radius 3 is 2.60 bits per heavy atom. The van der Waals surface area contributed by atoms with E-state index in [-0.39, 0.29) is 17.3 Å². The second-order valence-corrected chi connectivity index (χ2v) is 6.68. The lowest BCUT2D eigenvalue weighted by Crippen LogP contribution is -2.28. The Kier molecular flexibility index (Phi) is 4.50. The largest absolute Gasteiger partial charge is 0.485 e. The topological polar surface area (TPSA) is 86.5 Å². The summed E-state index contributed by atoms with van der Waals surface area (Å²) in [5.41, 5.74) is 0.814. The number of nitro benzene ring substituents is 1. The summed E-state index contributed by atoms with van der Waals surface area (Å²) in [4.78, 5) is 36.1. The first-order valence-corrected chi connectivity index (χ1v) is 8.48. The molecule has 2 heterocycles. The van der Waals surface area contributed by atoms with Crippen LogP contribution >= 0.6 is 11.3 Å². The molecular formula is C18H15NO5S. The van der Waals surface area contributed by atoms with Gasteiger partial charge >= 0.3 is 0 Å². The van der Waals surface area contributed by atoms with Gasteiger partial charge in [-0.2, -0.15) is 0 Å². The van der Waals surface area contributed by atoms with E-state index < -0.39 is 16.9 Å². The van der Waals surface area contributed by atoms with Gasteiger partial charge in [-0.25, -0.2) is 0 Å². The number of hydrogen-bond donors (Lipinski definition) is 0. The maximum Gasteiger partial charge on any atom is 0.269 e. The van der Waals surface area contributed by atoms with E-state index in [1.165, 1.54) is 30.4 Å². The lowest BCUT2D eigenvalue weighted by molar-refractivity contribution is -0.384. The first-order valence-electron chi connectivity index (χ1n) is 7.60. The minimum absolute atomic E-state index is 0.0905. The van der Waals surface area contributed by atoms with Crippen LogP contribution in [0.15, 0.2) is 53.1 Å². The lowest BCUT2D eigenvalue weighted by Gasteiger charge is -2.19. The maximum atomic E-state index is 12.8. The molecule has 6 nitrogen and oxygen atoms in total. The summed E-state index contributed by atoms with van der Waals surface area (Å²) in [6.07, 6.45) is -0.903. The predicted molar refractivity (Wildman–Crippen MR) is 92.7 cm³/mol. The normalized spacial score (nSPS) is 19.6. The fraction of sp³-hybridized carbons (Fsp3) is 0.222. The second-order valence-electron chi connectivity index (χ2n) is 5.74. The highest BCUT2D eigenvalue weighted by molar-refractivity contribution is 7.12. The quantitative estimate of drug-likeness (QED) is 0.460. The van der Waals surface area contributed by atoms with Crippen LogP contribution < -0.4 is 0 Å². The summed E-state index contributed by atoms with van der Waals surface area (Å²) in [6.45, 7) is 3.05. The molecule has 2 atom stereocenters. The zero-order valence-corrected chi connectivity index (χ0v) is 14.4. The van der Waals surface area contributed by atoms with Gasteiger partial charge in [0.1, 0.15) is 5.76 Å². The van der Waals surface area contributed by atoms with Crippen LogP contribution in [0.1, 0.15) is 35.0 Å². The molecule has 1 aromatic heterocycles. The average Bonchev–Trinajstić information content (AvgIpc) is 3.21. The van der Waals surface area contributed by atoms with Crippen LogP contribution in [0.25, 0.3) is 0 Å². The number of rotatable bonds is 5. The molecule has 0 saturated heterocycles. The molecule has 0 bridgehead atoms. The van der Waals surface area contributed by atoms with Gasteiger partial charge in [-0.05, 0) is 30.9 Å². The van der Waals surface area contributed by atoms with Gasteiger partial charge in [0.25, 0.3) is 5.69 Å². The number of nitro groups is 1. The molecule has 25 heavy (non-hydrogen) atoms. The molecule has 1 aromatic carbocycles. The van der Waals surface area contributed by atoms with Gasteiger partial charge in [0.05, 0.1) is 15.7 Å². The van der Waals surface area contributed by atoms with Gasteiger partial charge in [0.15, 0.2) is 11.9 Å². The number of non-ortho nitro benzene ring substituents is 1. The van der Waals surface area contributed by atoms with Crippen molar-refractivity contribution in [2.75, 3.05) is 0 Å². The third kappa shape index (κ3) is 3.10. The summed E-state index contributed by atoms with van der Waals surface area (Å²) < 4.78 is 5.73. The SMILES string of the molecule is CC(=O)C1=C(C)O[C@@H](C(=O)c2cccs2)[C@@H]1c1cccc([N+](=O)[O-])c1. The fourth-order valence-electron chi connectivity index (χ4n) is 3.10. The molecule has 2 aromatic rings. The van der Waals surface area contributed by atoms with Crippen molar-refractivity contribution in [3.63, 3.8) is 0 Å². The van der Waals surface area contributed by atoms with Crippen LogP contribution in [0.2, 0.25) is 0 Å². The lowest BCUT2D eigenvalue weighted by atomic mass is 9.83. The van der Waals surface area contributed by atoms with E-state index in [1.807, 2.05) is 0 Å². The Morgan fingerprint density at radius 1 is 1.24 bits per heavy atom. The molecule has 0 saturated carbocycles. The van der Waals surface area contributed by atoms with Crippen molar-refractivity contribution in [3.8, 4) is 0 Å². The standard InChI is InChI=1S/C18H15NO5S/c1-10(20)15-11(2)24-18(17(21)14-7-4-8-25-14)16(15)12-5-3-6-13(9-12)19(22)23/h3-9,16,18H,1-2H3/t16-,18-/m1/s1. The molecule has 3 rings (SSSR count). The van der Waals surface area contributed by atoms with Gasteiger partial charge in [-0.1, -0.05) is 18.2 Å². The van der Waals surface area contributed by atoms with Gasteiger partial charge in [0.2, 0.25) is 5.78 Å². The Bertz CT molecular complexity index is 885. The van der Waals surface area contributed by atoms with Gasteiger partial charge in [-0.15, -0.1) is 11.3 Å². The molecule has 0 aliphatic carbocycles. The van der Waals surface area contributed by atoms with Crippen LogP contribution in [-0.4, -0.2) is 22.6 Å². The number of ether oxygens (including phenoxy) is 1. The van der Waals surface area contributed by atoms with E-state index in [1.54, 1.807) is 36.6 Å². The maximum absolute atomic E-state index is 12.8. The summed E-state index contributed by atoms with van der Waals surface area (Å²) in [5, 5.41) is 12.9. The van der Waals surface area contributed by atoms with Crippen molar-refractivity contribution in [2.45, 2.75) is 25.9 Å². The van der Waals surface area contributed by atoms with Gasteiger partial charge < -0.3 is 4.74 Å². The van der Waals surface area contributed by atoms with E-state index >= 15 is 0 Å². The molecule has 1 aliphatic heterocycles. The number of thiophene rings is 1. The Labute approximate surface area is 147 Å². The summed E-state index contributed by atoms with van der Waals surface area (Å²) in [5.74, 6) is -0.719. The smallest absolute Gasteiger partial charge is 0.269 e. The van der Waals surface area contributed by atoms with Gasteiger partial charge in [0, 0.05) is 17.7 Å². The molecule has 0 spiro atoms. The number of allylic oxidation sites excluding steroid dienone is 1. The molecule has 7 heteroatoms. The van der Waals surface area contributed by atoms with Crippen molar-refractivity contribution < 1.29 is 19.2 Å². The van der Waals surface area contributed by atoms with Crippen molar-refractivity contribution in [2.24, 2.45) is 0 Å². The zero-order valence-electron chi connectivity index (χ0n) is 13.6. The molecule has 1 aliphatic rings. The number of hydrogen-bond acceptors (Lipinski definition) is 6. The Hall–Kier alpha value is -2.80. The average molecular weight is 357 g/mol. The summed E-state index contributed by atoms with van der Waals surface area (Å²) in [7, 11) is 0. The van der Waals surface area contributed by atoms with Crippen molar-refractivity contribution in [1.82, 2.24) is 0 Å². The third-order valence-corrected chi connectivity index (χ3v) is 5.02. The number of Topliss-reactive ketones (excluding diaryl/α,β-unsaturated/α-hetero) is 2. The summed E-state index contributed by atoms with van der Waals surface area (Å²) in [6, 6.07) is 9.45. The number of carbonyl (C=O) groups is 2.